The van der Waals surface area contributed by atoms with Crippen LogP contribution in [0.3, 0.4) is 0 Å². The maximum absolute atomic E-state index is 11.9. The molecule has 3 rings (SSSR count). The Labute approximate surface area is 125 Å². The smallest absolute Gasteiger partial charge is 0.254 e. The third-order valence-corrected chi connectivity index (χ3v) is 2.79. The highest BCUT2D eigenvalue weighted by Crippen LogP contribution is 2.12. The Bertz CT molecular complexity index is 749. The molecule has 8 heteroatoms. The molecule has 1 amide bonds. The number of nitrogens with one attached hydrogen (secondary N) is 2. The van der Waals surface area contributed by atoms with Crippen molar-refractivity contribution in [2.24, 2.45) is 0 Å². The fraction of sp³-hybridized carbons (Fsp3) is 0.143. The van der Waals surface area contributed by atoms with Crippen molar-refractivity contribution in [1.29, 1.82) is 0 Å². The molecule has 3 aromatic rings. The topological polar surface area (TPSA) is 106 Å². The molecule has 0 atom stereocenters. The van der Waals surface area contributed by atoms with Gasteiger partial charge < -0.3 is 19.6 Å². The summed E-state index contributed by atoms with van der Waals surface area (Å²) in [6.45, 7) is 2.09. The van der Waals surface area contributed by atoms with Crippen molar-refractivity contribution in [2.45, 2.75) is 13.5 Å². The number of rotatable bonds is 5. The van der Waals surface area contributed by atoms with Gasteiger partial charge in [-0.1, -0.05) is 5.16 Å². The van der Waals surface area contributed by atoms with E-state index in [0.717, 1.165) is 0 Å². The molecule has 0 aromatic carbocycles. The summed E-state index contributed by atoms with van der Waals surface area (Å²) in [6.07, 6.45) is 4.41. The lowest BCUT2D eigenvalue weighted by atomic mass is 10.3. The van der Waals surface area contributed by atoms with E-state index in [4.69, 9.17) is 8.94 Å². The van der Waals surface area contributed by atoms with E-state index < -0.39 is 0 Å². The highest BCUT2D eigenvalue weighted by Gasteiger charge is 2.08. The lowest BCUT2D eigenvalue weighted by Crippen LogP contribution is -2.22. The first-order valence-corrected chi connectivity index (χ1v) is 6.54. The van der Waals surface area contributed by atoms with Gasteiger partial charge in [0.1, 0.15) is 11.5 Å². The minimum Gasteiger partial charge on any atom is -0.467 e. The third-order valence-electron chi connectivity index (χ3n) is 2.79. The average molecular weight is 299 g/mol. The molecular weight excluding hydrogens is 286 g/mol. The van der Waals surface area contributed by atoms with Gasteiger partial charge in [0.25, 0.3) is 5.91 Å². The van der Waals surface area contributed by atoms with Crippen LogP contribution in [0.15, 0.2) is 45.8 Å². The summed E-state index contributed by atoms with van der Waals surface area (Å²) >= 11 is 0. The van der Waals surface area contributed by atoms with Gasteiger partial charge in [-0.3, -0.25) is 4.79 Å². The molecule has 3 aromatic heterocycles. The first-order valence-electron chi connectivity index (χ1n) is 6.54. The minimum absolute atomic E-state index is 0.278. The van der Waals surface area contributed by atoms with Gasteiger partial charge >= 0.3 is 0 Å². The fourth-order valence-corrected chi connectivity index (χ4v) is 1.73. The van der Waals surface area contributed by atoms with Crippen molar-refractivity contribution in [3.63, 3.8) is 0 Å². The summed E-state index contributed by atoms with van der Waals surface area (Å²) in [5.74, 6) is 1.91. The van der Waals surface area contributed by atoms with E-state index in [9.17, 15) is 4.79 Å². The molecule has 22 heavy (non-hydrogen) atoms. The first-order chi connectivity index (χ1) is 10.7. The molecule has 0 aliphatic carbocycles. The zero-order valence-electron chi connectivity index (χ0n) is 11.7. The lowest BCUT2D eigenvalue weighted by molar-refractivity contribution is 0.0947. The quantitative estimate of drug-likeness (QED) is 0.742. The number of amides is 1. The van der Waals surface area contributed by atoms with E-state index in [1.807, 2.05) is 0 Å². The van der Waals surface area contributed by atoms with Crippen LogP contribution in [0.1, 0.15) is 21.9 Å². The van der Waals surface area contributed by atoms with Crippen molar-refractivity contribution in [3.8, 4) is 0 Å². The third kappa shape index (κ3) is 3.29. The van der Waals surface area contributed by atoms with Crippen LogP contribution in [0.4, 0.5) is 11.8 Å². The fourth-order valence-electron chi connectivity index (χ4n) is 1.73. The molecular formula is C14H13N5O3. The molecule has 0 aliphatic heterocycles. The van der Waals surface area contributed by atoms with Gasteiger partial charge in [-0.25, -0.2) is 9.97 Å². The Morgan fingerprint density at radius 3 is 2.77 bits per heavy atom. The van der Waals surface area contributed by atoms with Crippen LogP contribution >= 0.6 is 0 Å². The van der Waals surface area contributed by atoms with Gasteiger partial charge in [-0.15, -0.1) is 0 Å². The normalized spacial score (nSPS) is 10.4. The second kappa shape index (κ2) is 6.08. The van der Waals surface area contributed by atoms with Crippen LogP contribution in [-0.2, 0) is 6.54 Å². The van der Waals surface area contributed by atoms with Crippen LogP contribution in [0, 0.1) is 6.92 Å². The predicted molar refractivity (Wildman–Crippen MR) is 76.4 cm³/mol. The van der Waals surface area contributed by atoms with Crippen LogP contribution in [0.25, 0.3) is 0 Å². The Balaban J connectivity index is 1.59. The van der Waals surface area contributed by atoms with Gasteiger partial charge in [-0.05, 0) is 19.1 Å². The molecule has 0 saturated heterocycles. The number of nitrogens with zero attached hydrogens (tertiary/aromatic N) is 3. The first kappa shape index (κ1) is 13.8. The Kier molecular flexibility index (Phi) is 3.82. The van der Waals surface area contributed by atoms with E-state index in [0.29, 0.717) is 35.4 Å². The van der Waals surface area contributed by atoms with Crippen LogP contribution in [0.5, 0.6) is 0 Å². The summed E-state index contributed by atoms with van der Waals surface area (Å²) in [7, 11) is 0. The standard InChI is InChI=1S/C14H13N5O3/c1-9-5-12(19-22-9)18-14-16-6-10(7-17-14)13(20)15-8-11-3-2-4-21-11/h2-7H,8H2,1H3,(H,15,20)(H,16,17,18,19). The Morgan fingerprint density at radius 1 is 1.32 bits per heavy atom. The number of anilines is 2. The number of hydrogen-bond donors (Lipinski definition) is 2. The zero-order chi connectivity index (χ0) is 15.4. The largest absolute Gasteiger partial charge is 0.467 e. The van der Waals surface area contributed by atoms with E-state index in [2.05, 4.69) is 25.8 Å². The van der Waals surface area contributed by atoms with Crippen molar-refractivity contribution < 1.29 is 13.7 Å². The predicted octanol–water partition coefficient (Wildman–Crippen LogP) is 2.04. The molecule has 2 N–H and O–H groups in total. The molecule has 0 saturated carbocycles. The maximum atomic E-state index is 11.9. The van der Waals surface area contributed by atoms with Crippen molar-refractivity contribution in [3.05, 3.63) is 53.9 Å². The Hall–Kier alpha value is -3.16. The number of furan rings is 1. The monoisotopic (exact) mass is 299 g/mol. The van der Waals surface area contributed by atoms with Crippen molar-refractivity contribution in [2.75, 3.05) is 5.32 Å². The second-order valence-electron chi connectivity index (χ2n) is 4.51. The van der Waals surface area contributed by atoms with E-state index >= 15 is 0 Å². The SMILES string of the molecule is Cc1cc(Nc2ncc(C(=O)NCc3ccco3)cn2)no1. The van der Waals surface area contributed by atoms with E-state index in [1.54, 1.807) is 31.4 Å². The molecule has 112 valence electrons. The summed E-state index contributed by atoms with van der Waals surface area (Å²) in [5, 5.41) is 9.36. The Morgan fingerprint density at radius 2 is 2.14 bits per heavy atom. The van der Waals surface area contributed by atoms with Crippen LogP contribution in [-0.4, -0.2) is 21.0 Å². The summed E-state index contributed by atoms with van der Waals surface area (Å²) in [5.41, 5.74) is 0.355. The lowest BCUT2D eigenvalue weighted by Gasteiger charge is -2.04. The highest BCUT2D eigenvalue weighted by atomic mass is 16.5. The van der Waals surface area contributed by atoms with E-state index in [-0.39, 0.29) is 5.91 Å². The zero-order valence-corrected chi connectivity index (χ0v) is 11.7. The van der Waals surface area contributed by atoms with Crippen molar-refractivity contribution in [1.82, 2.24) is 20.4 Å². The molecule has 0 fully saturated rings. The molecule has 0 radical (unpaired) electrons. The number of aromatic nitrogens is 3. The molecule has 0 unspecified atom stereocenters. The number of aryl methyl sites for hydroxylation is 1. The minimum atomic E-state index is -0.278. The van der Waals surface area contributed by atoms with Crippen molar-refractivity contribution >= 4 is 17.7 Å². The number of carbonyl (C=O) groups is 1. The number of hydrogen-bond acceptors (Lipinski definition) is 7. The average Bonchev–Trinajstić information content (AvgIpc) is 3.17. The van der Waals surface area contributed by atoms with Gasteiger partial charge in [0.2, 0.25) is 5.95 Å². The van der Waals surface area contributed by atoms with Gasteiger partial charge in [0.15, 0.2) is 5.82 Å². The van der Waals surface area contributed by atoms with Gasteiger partial charge in [-0.2, -0.15) is 0 Å². The van der Waals surface area contributed by atoms with Crippen LogP contribution < -0.4 is 10.6 Å². The number of carbonyl (C=O) groups excluding carboxylic acids is 1. The summed E-state index contributed by atoms with van der Waals surface area (Å²) in [6, 6.07) is 5.26. The molecule has 8 nitrogen and oxygen atoms in total. The molecule has 3 heterocycles. The summed E-state index contributed by atoms with van der Waals surface area (Å²) in [4.78, 5) is 20.1. The van der Waals surface area contributed by atoms with Crippen LogP contribution in [0.2, 0.25) is 0 Å². The molecule has 0 aliphatic rings. The van der Waals surface area contributed by atoms with Gasteiger partial charge in [0.05, 0.1) is 18.4 Å². The van der Waals surface area contributed by atoms with E-state index in [1.165, 1.54) is 12.4 Å². The second-order valence-corrected chi connectivity index (χ2v) is 4.51. The summed E-state index contributed by atoms with van der Waals surface area (Å²) < 4.78 is 10.1. The maximum Gasteiger partial charge on any atom is 0.254 e. The molecule has 0 bridgehead atoms. The van der Waals surface area contributed by atoms with Gasteiger partial charge in [0, 0.05) is 18.5 Å². The highest BCUT2D eigenvalue weighted by molar-refractivity contribution is 5.93. The molecule has 0 spiro atoms.